The lowest BCUT2D eigenvalue weighted by atomic mass is 9.93. The molecule has 1 aliphatic carbocycles. The molecule has 262 valence electrons. The van der Waals surface area contributed by atoms with Crippen molar-refractivity contribution < 1.29 is 0 Å². The summed E-state index contributed by atoms with van der Waals surface area (Å²) in [5, 5.41) is 7.59. The van der Waals surface area contributed by atoms with Crippen molar-refractivity contribution in [2.45, 2.75) is 32.4 Å². The van der Waals surface area contributed by atoms with Crippen LogP contribution < -0.4 is 10.6 Å². The van der Waals surface area contributed by atoms with Crippen molar-refractivity contribution >= 4 is 29.0 Å². The molecule has 0 amide bonds. The molecule has 1 unspecified atom stereocenters. The maximum absolute atomic E-state index is 5.19. The zero-order valence-corrected chi connectivity index (χ0v) is 30.4. The maximum Gasteiger partial charge on any atom is 0.145 e. The largest absolute Gasteiger partial charge is 0.360 e. The van der Waals surface area contributed by atoms with E-state index in [1.165, 1.54) is 27.9 Å². The van der Waals surface area contributed by atoms with E-state index in [2.05, 4.69) is 204 Å². The molecule has 2 N–H and O–H groups in total. The topological polar surface area (TPSA) is 41.4 Å². The van der Waals surface area contributed by atoms with E-state index in [9.17, 15) is 0 Å². The van der Waals surface area contributed by atoms with Gasteiger partial charge in [-0.15, -0.1) is 0 Å². The summed E-state index contributed by atoms with van der Waals surface area (Å²) in [5.41, 5.74) is 16.4. The Morgan fingerprint density at radius 2 is 1.24 bits per heavy atom. The SMILES string of the molecule is CCc1c2c(n(-c3ccc(-c4cc(C5=CC(c6ccccc6)=NC(c6ccccc6)N5)cc(-c5ccccc5)c4)cc3)c1Nc1ccccc1)C=CCC2. The van der Waals surface area contributed by atoms with Crippen LogP contribution in [-0.4, -0.2) is 10.3 Å². The Morgan fingerprint density at radius 1 is 0.648 bits per heavy atom. The second kappa shape index (κ2) is 14.8. The van der Waals surface area contributed by atoms with E-state index in [0.717, 1.165) is 75.7 Å². The second-order valence-corrected chi connectivity index (χ2v) is 13.9. The van der Waals surface area contributed by atoms with E-state index in [4.69, 9.17) is 4.99 Å². The van der Waals surface area contributed by atoms with Crippen LogP contribution in [0.2, 0.25) is 0 Å². The van der Waals surface area contributed by atoms with Crippen LogP contribution in [0.5, 0.6) is 0 Å². The highest BCUT2D eigenvalue weighted by Gasteiger charge is 2.24. The fourth-order valence-corrected chi connectivity index (χ4v) is 7.81. The maximum atomic E-state index is 5.19. The average Bonchev–Trinajstić information content (AvgIpc) is 3.57. The molecule has 0 radical (unpaired) electrons. The molecule has 7 aromatic rings. The van der Waals surface area contributed by atoms with Gasteiger partial charge in [0.25, 0.3) is 0 Å². The van der Waals surface area contributed by atoms with Crippen LogP contribution in [-0.2, 0) is 12.8 Å². The minimum atomic E-state index is -0.210. The molecular formula is C50H42N4. The van der Waals surface area contributed by atoms with Crippen LogP contribution in [0.4, 0.5) is 11.5 Å². The van der Waals surface area contributed by atoms with Gasteiger partial charge >= 0.3 is 0 Å². The van der Waals surface area contributed by atoms with Crippen LogP contribution in [0.3, 0.4) is 0 Å². The van der Waals surface area contributed by atoms with Crippen molar-refractivity contribution in [1.82, 2.24) is 9.88 Å². The van der Waals surface area contributed by atoms with Crippen molar-refractivity contribution in [3.63, 3.8) is 0 Å². The van der Waals surface area contributed by atoms with Crippen LogP contribution in [0.25, 0.3) is 39.7 Å². The summed E-state index contributed by atoms with van der Waals surface area (Å²) >= 11 is 0. The van der Waals surface area contributed by atoms with Crippen molar-refractivity contribution in [2.24, 2.45) is 4.99 Å². The Kier molecular flexibility index (Phi) is 9.08. The number of anilines is 2. The van der Waals surface area contributed by atoms with Gasteiger partial charge in [0.1, 0.15) is 12.0 Å². The third-order valence-electron chi connectivity index (χ3n) is 10.5. The van der Waals surface area contributed by atoms with E-state index in [0.29, 0.717) is 0 Å². The monoisotopic (exact) mass is 698 g/mol. The van der Waals surface area contributed by atoms with Gasteiger partial charge in [-0.2, -0.15) is 0 Å². The molecule has 0 bridgehead atoms. The molecule has 0 fully saturated rings. The van der Waals surface area contributed by atoms with Gasteiger partial charge in [-0.1, -0.05) is 134 Å². The molecule has 6 aromatic carbocycles. The molecule has 9 rings (SSSR count). The number of para-hydroxylation sites is 1. The van der Waals surface area contributed by atoms with Crippen LogP contribution in [0.1, 0.15) is 53.0 Å². The molecule has 0 saturated carbocycles. The van der Waals surface area contributed by atoms with Gasteiger partial charge in [-0.05, 0) is 124 Å². The zero-order valence-electron chi connectivity index (χ0n) is 30.4. The number of aromatic nitrogens is 1. The average molecular weight is 699 g/mol. The molecule has 2 heterocycles. The highest BCUT2D eigenvalue weighted by atomic mass is 15.1. The number of benzene rings is 6. The van der Waals surface area contributed by atoms with Crippen LogP contribution in [0.15, 0.2) is 181 Å². The Morgan fingerprint density at radius 3 is 1.91 bits per heavy atom. The van der Waals surface area contributed by atoms with E-state index in [-0.39, 0.29) is 6.17 Å². The third-order valence-corrected chi connectivity index (χ3v) is 10.5. The molecule has 0 saturated heterocycles. The van der Waals surface area contributed by atoms with E-state index in [1.54, 1.807) is 0 Å². The quantitative estimate of drug-likeness (QED) is 0.158. The summed E-state index contributed by atoms with van der Waals surface area (Å²) < 4.78 is 2.41. The van der Waals surface area contributed by atoms with Crippen molar-refractivity contribution in [3.8, 4) is 27.9 Å². The number of nitrogens with one attached hydrogen (secondary N) is 2. The number of rotatable bonds is 9. The second-order valence-electron chi connectivity index (χ2n) is 13.9. The molecule has 54 heavy (non-hydrogen) atoms. The first-order valence-corrected chi connectivity index (χ1v) is 18.9. The Labute approximate surface area is 317 Å². The third kappa shape index (κ3) is 6.59. The molecule has 1 aliphatic heterocycles. The minimum absolute atomic E-state index is 0.210. The molecule has 1 aromatic heterocycles. The van der Waals surface area contributed by atoms with Gasteiger partial charge in [-0.25, -0.2) is 0 Å². The first-order chi connectivity index (χ1) is 26.7. The first kappa shape index (κ1) is 33.2. The summed E-state index contributed by atoms with van der Waals surface area (Å²) in [6, 6.07) is 58.2. The smallest absolute Gasteiger partial charge is 0.145 e. The van der Waals surface area contributed by atoms with E-state index < -0.39 is 0 Å². The summed E-state index contributed by atoms with van der Waals surface area (Å²) in [5.74, 6) is 1.15. The highest BCUT2D eigenvalue weighted by Crippen LogP contribution is 2.39. The molecule has 0 spiro atoms. The Hall–Kier alpha value is -6.65. The van der Waals surface area contributed by atoms with Crippen molar-refractivity contribution in [3.05, 3.63) is 209 Å². The molecule has 1 atom stereocenters. The van der Waals surface area contributed by atoms with Gasteiger partial charge in [0, 0.05) is 17.1 Å². The normalized spacial score (nSPS) is 14.8. The van der Waals surface area contributed by atoms with Crippen LogP contribution in [0, 0.1) is 0 Å². The fraction of sp³-hybridized carbons (Fsp3) is 0.100. The molecule has 4 nitrogen and oxygen atoms in total. The number of allylic oxidation sites excluding steroid dienone is 2. The van der Waals surface area contributed by atoms with Crippen molar-refractivity contribution in [2.75, 3.05) is 5.32 Å². The summed E-state index contributed by atoms with van der Waals surface area (Å²) in [7, 11) is 0. The number of hydrogen-bond acceptors (Lipinski definition) is 3. The number of nitrogens with zero attached hydrogens (tertiary/aromatic N) is 2. The first-order valence-electron chi connectivity index (χ1n) is 18.9. The Balaban J connectivity index is 1.14. The number of aliphatic imine (C=N–C) groups is 1. The molecule has 4 heteroatoms. The lowest BCUT2D eigenvalue weighted by Gasteiger charge is -2.25. The fourth-order valence-electron chi connectivity index (χ4n) is 7.81. The lowest BCUT2D eigenvalue weighted by molar-refractivity contribution is 0.664. The van der Waals surface area contributed by atoms with Gasteiger partial charge in [0.15, 0.2) is 0 Å². The van der Waals surface area contributed by atoms with Gasteiger partial charge < -0.3 is 10.6 Å². The standard InChI is InChI=1S/C50H42N4/c1-2-44-45-25-15-16-26-48(45)54(50(44)51-42-23-13-6-14-24-42)43-29-27-36(28-30-43)40-31-39(35-17-7-3-8-18-35)32-41(33-40)47-34-46(37-19-9-4-10-20-37)52-49(53-47)38-21-11-5-12-22-38/h3-14,16-24,26-34,49,51,53H,2,15,25H2,1H3. The number of fused-ring (bicyclic) bond motifs is 1. The number of hydrogen-bond donors (Lipinski definition) is 2. The zero-order chi connectivity index (χ0) is 36.3. The summed E-state index contributed by atoms with van der Waals surface area (Å²) in [6.45, 7) is 2.27. The van der Waals surface area contributed by atoms with E-state index >= 15 is 0 Å². The van der Waals surface area contributed by atoms with Crippen LogP contribution >= 0.6 is 0 Å². The lowest BCUT2D eigenvalue weighted by Crippen LogP contribution is -2.24. The van der Waals surface area contributed by atoms with Gasteiger partial charge in [-0.3, -0.25) is 9.56 Å². The Bertz CT molecular complexity index is 2490. The molecular weight excluding hydrogens is 657 g/mol. The minimum Gasteiger partial charge on any atom is -0.360 e. The predicted molar refractivity (Wildman–Crippen MR) is 226 cm³/mol. The highest BCUT2D eigenvalue weighted by molar-refractivity contribution is 6.13. The predicted octanol–water partition coefficient (Wildman–Crippen LogP) is 12.2. The van der Waals surface area contributed by atoms with Gasteiger partial charge in [0.05, 0.1) is 11.4 Å². The van der Waals surface area contributed by atoms with Crippen molar-refractivity contribution in [1.29, 1.82) is 0 Å². The summed E-state index contributed by atoms with van der Waals surface area (Å²) in [6.07, 6.45) is 9.70. The molecule has 2 aliphatic rings. The summed E-state index contributed by atoms with van der Waals surface area (Å²) in [4.78, 5) is 5.19. The van der Waals surface area contributed by atoms with E-state index in [1.807, 2.05) is 0 Å². The van der Waals surface area contributed by atoms with Gasteiger partial charge in [0.2, 0.25) is 0 Å².